The van der Waals surface area contributed by atoms with Gasteiger partial charge in [0.2, 0.25) is 11.8 Å². The molecule has 10 heteroatoms. The molecule has 0 aliphatic heterocycles. The number of nitrogens with one attached hydrogen (secondary N) is 1. The van der Waals surface area contributed by atoms with Crippen molar-refractivity contribution in [2.75, 3.05) is 10.8 Å². The number of rotatable bonds is 12. The number of amides is 2. The van der Waals surface area contributed by atoms with E-state index in [2.05, 4.69) is 5.32 Å². The summed E-state index contributed by atoms with van der Waals surface area (Å²) in [6.07, 6.45) is 0.154. The smallest absolute Gasteiger partial charge is 0.264 e. The fourth-order valence-electron chi connectivity index (χ4n) is 4.69. The number of carbonyl (C=O) groups excluding carboxylic acids is 2. The molecule has 1 N–H and O–H groups in total. The Bertz CT molecular complexity index is 1660. The van der Waals surface area contributed by atoms with Gasteiger partial charge in [-0.05, 0) is 80.4 Å². The molecule has 4 aromatic carbocycles. The van der Waals surface area contributed by atoms with E-state index in [4.69, 9.17) is 0 Å². The van der Waals surface area contributed by atoms with Crippen LogP contribution in [-0.2, 0) is 32.6 Å². The maximum atomic E-state index is 14.3. The van der Waals surface area contributed by atoms with Crippen molar-refractivity contribution in [3.05, 3.63) is 131 Å². The zero-order valence-electron chi connectivity index (χ0n) is 24.8. The lowest BCUT2D eigenvalue weighted by molar-refractivity contribution is -0.140. The van der Waals surface area contributed by atoms with Gasteiger partial charge >= 0.3 is 0 Å². The topological polar surface area (TPSA) is 86.8 Å². The van der Waals surface area contributed by atoms with Crippen LogP contribution in [0.3, 0.4) is 0 Å². The second-order valence-electron chi connectivity index (χ2n) is 10.8. The molecule has 0 saturated heterocycles. The van der Waals surface area contributed by atoms with E-state index in [-0.39, 0.29) is 29.6 Å². The van der Waals surface area contributed by atoms with Crippen molar-refractivity contribution in [1.29, 1.82) is 0 Å². The number of hydrogen-bond donors (Lipinski definition) is 1. The summed E-state index contributed by atoms with van der Waals surface area (Å²) in [5.41, 5.74) is 2.45. The van der Waals surface area contributed by atoms with E-state index in [0.29, 0.717) is 5.56 Å². The molecule has 44 heavy (non-hydrogen) atoms. The molecule has 0 bridgehead atoms. The Morgan fingerprint density at radius 3 is 1.91 bits per heavy atom. The molecule has 0 saturated carbocycles. The summed E-state index contributed by atoms with van der Waals surface area (Å²) < 4.78 is 56.3. The predicted molar refractivity (Wildman–Crippen MR) is 166 cm³/mol. The van der Waals surface area contributed by atoms with Gasteiger partial charge < -0.3 is 10.2 Å². The van der Waals surface area contributed by atoms with Gasteiger partial charge in [-0.1, -0.05) is 60.2 Å². The minimum absolute atomic E-state index is 0.0829. The highest BCUT2D eigenvalue weighted by atomic mass is 32.2. The molecular weight excluding hydrogens is 584 g/mol. The molecule has 1 atom stereocenters. The molecular formula is C34H35F2N3O4S. The van der Waals surface area contributed by atoms with Gasteiger partial charge in [-0.15, -0.1) is 0 Å². The number of hydrogen-bond acceptors (Lipinski definition) is 4. The average Bonchev–Trinajstić information content (AvgIpc) is 2.99. The lowest BCUT2D eigenvalue weighted by atomic mass is 10.0. The number of aryl methyl sites for hydroxylation is 1. The van der Waals surface area contributed by atoms with Crippen molar-refractivity contribution in [1.82, 2.24) is 10.2 Å². The summed E-state index contributed by atoms with van der Waals surface area (Å²) in [5.74, 6) is -2.13. The third-order valence-electron chi connectivity index (χ3n) is 6.97. The Hall–Kier alpha value is -4.57. The van der Waals surface area contributed by atoms with Crippen molar-refractivity contribution < 1.29 is 26.8 Å². The van der Waals surface area contributed by atoms with Crippen molar-refractivity contribution in [3.63, 3.8) is 0 Å². The summed E-state index contributed by atoms with van der Waals surface area (Å²) in [5, 5.41) is 2.89. The molecule has 4 rings (SSSR count). The second kappa shape index (κ2) is 14.3. The SMILES string of the molecule is Cc1ccc(N(CC(=O)N(Cc2ccc(F)cc2)[C@@H](Cc2ccccc2)C(=O)NC(C)C)S(=O)(=O)c2ccc(F)cc2)cc1. The molecule has 0 fully saturated rings. The molecule has 0 heterocycles. The standard InChI is InChI=1S/C34H35F2N3O4S/c1-24(2)37-34(41)32(21-26-7-5-4-6-8-26)38(22-27-11-13-28(35)14-12-27)33(40)23-39(30-17-9-25(3)10-18-30)44(42,43)31-19-15-29(36)16-20-31/h4-20,24,32H,21-23H2,1-3H3,(H,37,41)/t32-/m0/s1. The van der Waals surface area contributed by atoms with Gasteiger partial charge in [-0.2, -0.15) is 0 Å². The van der Waals surface area contributed by atoms with Gasteiger partial charge in [0.1, 0.15) is 24.2 Å². The first-order chi connectivity index (χ1) is 20.9. The van der Waals surface area contributed by atoms with E-state index in [1.165, 1.54) is 29.2 Å². The van der Waals surface area contributed by atoms with E-state index >= 15 is 0 Å². The van der Waals surface area contributed by atoms with Crippen LogP contribution in [-0.4, -0.2) is 43.8 Å². The van der Waals surface area contributed by atoms with Gasteiger partial charge in [0.15, 0.2) is 0 Å². The van der Waals surface area contributed by atoms with Crippen LogP contribution in [0.4, 0.5) is 14.5 Å². The van der Waals surface area contributed by atoms with Crippen molar-refractivity contribution >= 4 is 27.5 Å². The highest BCUT2D eigenvalue weighted by molar-refractivity contribution is 7.92. The van der Waals surface area contributed by atoms with Gasteiger partial charge in [0, 0.05) is 19.0 Å². The quantitative estimate of drug-likeness (QED) is 0.223. The number of carbonyl (C=O) groups is 2. The van der Waals surface area contributed by atoms with Gasteiger partial charge in [-0.25, -0.2) is 17.2 Å². The van der Waals surface area contributed by atoms with Crippen molar-refractivity contribution in [3.8, 4) is 0 Å². The van der Waals surface area contributed by atoms with Crippen LogP contribution < -0.4 is 9.62 Å². The molecule has 0 unspecified atom stereocenters. The number of nitrogens with zero attached hydrogens (tertiary/aromatic N) is 2. The molecule has 2 amide bonds. The third-order valence-corrected chi connectivity index (χ3v) is 8.76. The Kier molecular flexibility index (Phi) is 10.5. The normalized spacial score (nSPS) is 12.0. The highest BCUT2D eigenvalue weighted by Gasteiger charge is 2.34. The first-order valence-electron chi connectivity index (χ1n) is 14.2. The number of halogens is 2. The van der Waals surface area contributed by atoms with E-state index in [1.54, 1.807) is 38.1 Å². The summed E-state index contributed by atoms with van der Waals surface area (Å²) in [7, 11) is -4.35. The van der Waals surface area contributed by atoms with E-state index < -0.39 is 46.1 Å². The summed E-state index contributed by atoms with van der Waals surface area (Å²) >= 11 is 0. The first-order valence-corrected chi connectivity index (χ1v) is 15.6. The van der Waals surface area contributed by atoms with Crippen molar-refractivity contribution in [2.24, 2.45) is 0 Å². The van der Waals surface area contributed by atoms with Gasteiger partial charge in [0.05, 0.1) is 10.6 Å². The van der Waals surface area contributed by atoms with Crippen LogP contribution in [0.15, 0.2) is 108 Å². The maximum absolute atomic E-state index is 14.3. The Labute approximate surface area is 257 Å². The van der Waals surface area contributed by atoms with E-state index in [1.807, 2.05) is 37.3 Å². The Morgan fingerprint density at radius 2 is 1.34 bits per heavy atom. The molecule has 0 aromatic heterocycles. The minimum Gasteiger partial charge on any atom is -0.352 e. The van der Waals surface area contributed by atoms with Crippen LogP contribution >= 0.6 is 0 Å². The van der Waals surface area contributed by atoms with Gasteiger partial charge in [0.25, 0.3) is 10.0 Å². The van der Waals surface area contributed by atoms with Crippen LogP contribution in [0, 0.1) is 18.6 Å². The summed E-state index contributed by atoms with van der Waals surface area (Å²) in [6.45, 7) is 4.72. The number of sulfonamides is 1. The molecule has 230 valence electrons. The maximum Gasteiger partial charge on any atom is 0.264 e. The van der Waals surface area contributed by atoms with Crippen LogP contribution in [0.1, 0.15) is 30.5 Å². The third kappa shape index (κ3) is 8.29. The van der Waals surface area contributed by atoms with Crippen LogP contribution in [0.5, 0.6) is 0 Å². The van der Waals surface area contributed by atoms with Crippen LogP contribution in [0.25, 0.3) is 0 Å². The van der Waals surface area contributed by atoms with Crippen LogP contribution in [0.2, 0.25) is 0 Å². The zero-order valence-corrected chi connectivity index (χ0v) is 25.6. The molecule has 0 aliphatic rings. The average molecular weight is 620 g/mol. The summed E-state index contributed by atoms with van der Waals surface area (Å²) in [6, 6.07) is 24.4. The Balaban J connectivity index is 1.79. The fourth-order valence-corrected chi connectivity index (χ4v) is 6.11. The van der Waals surface area contributed by atoms with Gasteiger partial charge in [-0.3, -0.25) is 13.9 Å². The molecule has 0 radical (unpaired) electrons. The lowest BCUT2D eigenvalue weighted by Crippen LogP contribution is -2.54. The second-order valence-corrected chi connectivity index (χ2v) is 12.7. The molecule has 4 aromatic rings. The zero-order chi connectivity index (χ0) is 31.9. The lowest BCUT2D eigenvalue weighted by Gasteiger charge is -2.34. The number of benzene rings is 4. The fraction of sp³-hybridized carbons (Fsp3) is 0.235. The molecule has 0 aliphatic carbocycles. The monoisotopic (exact) mass is 619 g/mol. The largest absolute Gasteiger partial charge is 0.352 e. The Morgan fingerprint density at radius 1 is 0.773 bits per heavy atom. The van der Waals surface area contributed by atoms with Crippen molar-refractivity contribution in [2.45, 2.75) is 50.7 Å². The van der Waals surface area contributed by atoms with E-state index in [9.17, 15) is 26.8 Å². The number of anilines is 1. The molecule has 7 nitrogen and oxygen atoms in total. The highest BCUT2D eigenvalue weighted by Crippen LogP contribution is 2.26. The summed E-state index contributed by atoms with van der Waals surface area (Å²) in [4.78, 5) is 29.1. The first kappa shape index (κ1) is 32.3. The predicted octanol–water partition coefficient (Wildman–Crippen LogP) is 5.63. The van der Waals surface area contributed by atoms with E-state index in [0.717, 1.165) is 39.7 Å². The minimum atomic E-state index is -4.35. The molecule has 0 spiro atoms.